The molecule has 2 fully saturated rings. The van der Waals surface area contributed by atoms with Crippen molar-refractivity contribution in [2.24, 2.45) is 11.8 Å². The van der Waals surface area contributed by atoms with Crippen molar-refractivity contribution in [2.75, 3.05) is 40.4 Å². The van der Waals surface area contributed by atoms with Crippen LogP contribution in [0.2, 0.25) is 0 Å². The van der Waals surface area contributed by atoms with Gasteiger partial charge in [0.1, 0.15) is 0 Å². The third kappa shape index (κ3) is 3.67. The Kier molecular flexibility index (Phi) is 5.26. The summed E-state index contributed by atoms with van der Waals surface area (Å²) in [6, 6.07) is 0.762. The Morgan fingerprint density at radius 3 is 2.88 bits per heavy atom. The van der Waals surface area contributed by atoms with E-state index in [9.17, 15) is 0 Å². The molecule has 0 aromatic heterocycles. The number of likely N-dealkylation sites (tertiary alicyclic amines) is 1. The molecular formula is C14H28N2O. The summed E-state index contributed by atoms with van der Waals surface area (Å²) in [4.78, 5) is 2.67. The van der Waals surface area contributed by atoms with E-state index >= 15 is 0 Å². The fourth-order valence-corrected chi connectivity index (χ4v) is 3.66. The number of methoxy groups -OCH3 is 1. The maximum absolute atomic E-state index is 5.30. The first-order valence-corrected chi connectivity index (χ1v) is 7.22. The molecule has 1 aliphatic carbocycles. The van der Waals surface area contributed by atoms with Crippen LogP contribution < -0.4 is 5.32 Å². The molecule has 17 heavy (non-hydrogen) atoms. The molecule has 3 heteroatoms. The summed E-state index contributed by atoms with van der Waals surface area (Å²) >= 11 is 0. The number of piperidine rings is 1. The molecule has 2 aliphatic rings. The van der Waals surface area contributed by atoms with Gasteiger partial charge in [0, 0.05) is 26.2 Å². The quantitative estimate of drug-likeness (QED) is 0.792. The van der Waals surface area contributed by atoms with Gasteiger partial charge < -0.3 is 15.0 Å². The summed E-state index contributed by atoms with van der Waals surface area (Å²) < 4.78 is 5.30. The Hall–Kier alpha value is -0.120. The Morgan fingerprint density at radius 2 is 2.12 bits per heavy atom. The number of hydrogen-bond acceptors (Lipinski definition) is 3. The lowest BCUT2D eigenvalue weighted by Gasteiger charge is -2.35. The van der Waals surface area contributed by atoms with E-state index < -0.39 is 0 Å². The van der Waals surface area contributed by atoms with Crippen LogP contribution in [0.4, 0.5) is 0 Å². The highest BCUT2D eigenvalue weighted by molar-refractivity contribution is 4.85. The number of rotatable bonds is 5. The SMILES string of the molecule is CNC1CCCC1CN1CCCC(COC)C1. The molecule has 1 heterocycles. The predicted octanol–water partition coefficient (Wildman–Crippen LogP) is 1.73. The molecule has 100 valence electrons. The van der Waals surface area contributed by atoms with Gasteiger partial charge in [-0.25, -0.2) is 0 Å². The molecule has 0 spiro atoms. The molecule has 2 rings (SSSR count). The largest absolute Gasteiger partial charge is 0.384 e. The summed E-state index contributed by atoms with van der Waals surface area (Å²) in [5.41, 5.74) is 0. The van der Waals surface area contributed by atoms with Crippen molar-refractivity contribution in [1.82, 2.24) is 10.2 Å². The van der Waals surface area contributed by atoms with Gasteiger partial charge in [0.15, 0.2) is 0 Å². The highest BCUT2D eigenvalue weighted by Gasteiger charge is 2.29. The zero-order chi connectivity index (χ0) is 12.1. The molecule has 0 aromatic carbocycles. The molecule has 1 saturated carbocycles. The lowest BCUT2D eigenvalue weighted by molar-refractivity contribution is 0.0808. The van der Waals surface area contributed by atoms with Crippen LogP contribution in [-0.2, 0) is 4.74 Å². The minimum atomic E-state index is 0.762. The van der Waals surface area contributed by atoms with E-state index in [1.165, 1.54) is 51.7 Å². The Bertz CT molecular complexity index is 220. The van der Waals surface area contributed by atoms with Gasteiger partial charge >= 0.3 is 0 Å². The van der Waals surface area contributed by atoms with Crippen molar-refractivity contribution >= 4 is 0 Å². The molecule has 0 aromatic rings. The molecule has 0 bridgehead atoms. The third-order valence-electron chi connectivity index (χ3n) is 4.53. The first kappa shape index (κ1) is 13.3. The molecule has 3 nitrogen and oxygen atoms in total. The standard InChI is InChI=1S/C14H28N2O/c1-15-14-7-3-6-13(14)10-16-8-4-5-12(9-16)11-17-2/h12-15H,3-11H2,1-2H3. The third-order valence-corrected chi connectivity index (χ3v) is 4.53. The van der Waals surface area contributed by atoms with Crippen LogP contribution in [0, 0.1) is 11.8 Å². The highest BCUT2D eigenvalue weighted by atomic mass is 16.5. The maximum Gasteiger partial charge on any atom is 0.0502 e. The Labute approximate surface area is 106 Å². The van der Waals surface area contributed by atoms with Crippen molar-refractivity contribution in [3.8, 4) is 0 Å². The van der Waals surface area contributed by atoms with Crippen LogP contribution in [-0.4, -0.2) is 51.3 Å². The number of hydrogen-bond donors (Lipinski definition) is 1. The topological polar surface area (TPSA) is 24.5 Å². The average molecular weight is 240 g/mol. The van der Waals surface area contributed by atoms with E-state index in [1.807, 2.05) is 7.11 Å². The van der Waals surface area contributed by atoms with Crippen molar-refractivity contribution in [3.05, 3.63) is 0 Å². The number of nitrogens with zero attached hydrogens (tertiary/aromatic N) is 1. The first-order valence-electron chi connectivity index (χ1n) is 7.22. The van der Waals surface area contributed by atoms with Crippen LogP contribution in [0.1, 0.15) is 32.1 Å². The van der Waals surface area contributed by atoms with E-state index in [0.29, 0.717) is 0 Å². The fraction of sp³-hybridized carbons (Fsp3) is 1.00. The summed E-state index contributed by atoms with van der Waals surface area (Å²) in [7, 11) is 3.94. The fourth-order valence-electron chi connectivity index (χ4n) is 3.66. The van der Waals surface area contributed by atoms with E-state index in [4.69, 9.17) is 4.74 Å². The minimum Gasteiger partial charge on any atom is -0.384 e. The van der Waals surface area contributed by atoms with Crippen LogP contribution in [0.25, 0.3) is 0 Å². The van der Waals surface area contributed by atoms with Gasteiger partial charge in [-0.3, -0.25) is 0 Å². The highest BCUT2D eigenvalue weighted by Crippen LogP contribution is 2.28. The Morgan fingerprint density at radius 1 is 1.24 bits per heavy atom. The number of ether oxygens (including phenoxy) is 1. The molecule has 0 amide bonds. The summed E-state index contributed by atoms with van der Waals surface area (Å²) in [5, 5.41) is 3.49. The Balaban J connectivity index is 1.77. The van der Waals surface area contributed by atoms with Gasteiger partial charge in [-0.2, -0.15) is 0 Å². The molecule has 0 radical (unpaired) electrons. The molecular weight excluding hydrogens is 212 g/mol. The average Bonchev–Trinajstić information content (AvgIpc) is 2.77. The van der Waals surface area contributed by atoms with E-state index in [0.717, 1.165) is 24.5 Å². The van der Waals surface area contributed by atoms with Gasteiger partial charge in [0.2, 0.25) is 0 Å². The second kappa shape index (κ2) is 6.72. The van der Waals surface area contributed by atoms with E-state index in [-0.39, 0.29) is 0 Å². The predicted molar refractivity (Wildman–Crippen MR) is 71.2 cm³/mol. The van der Waals surface area contributed by atoms with Crippen molar-refractivity contribution in [3.63, 3.8) is 0 Å². The van der Waals surface area contributed by atoms with Gasteiger partial charge in [0.05, 0.1) is 6.61 Å². The van der Waals surface area contributed by atoms with Crippen molar-refractivity contribution < 1.29 is 4.74 Å². The second-order valence-electron chi connectivity index (χ2n) is 5.81. The molecule has 1 saturated heterocycles. The first-order chi connectivity index (χ1) is 8.33. The molecule has 1 aliphatic heterocycles. The van der Waals surface area contributed by atoms with Crippen LogP contribution in [0.3, 0.4) is 0 Å². The normalized spacial score (nSPS) is 35.3. The number of nitrogens with one attached hydrogen (secondary N) is 1. The van der Waals surface area contributed by atoms with E-state index in [2.05, 4.69) is 17.3 Å². The molecule has 1 N–H and O–H groups in total. The van der Waals surface area contributed by atoms with Crippen molar-refractivity contribution in [2.45, 2.75) is 38.1 Å². The zero-order valence-corrected chi connectivity index (χ0v) is 11.5. The van der Waals surface area contributed by atoms with Gasteiger partial charge in [0.25, 0.3) is 0 Å². The zero-order valence-electron chi connectivity index (χ0n) is 11.5. The van der Waals surface area contributed by atoms with Gasteiger partial charge in [-0.05, 0) is 51.1 Å². The molecule has 3 unspecified atom stereocenters. The van der Waals surface area contributed by atoms with Crippen LogP contribution in [0.15, 0.2) is 0 Å². The second-order valence-corrected chi connectivity index (χ2v) is 5.81. The summed E-state index contributed by atoms with van der Waals surface area (Å²) in [6.45, 7) is 4.79. The lowest BCUT2D eigenvalue weighted by atomic mass is 9.96. The van der Waals surface area contributed by atoms with Gasteiger partial charge in [-0.1, -0.05) is 6.42 Å². The van der Waals surface area contributed by atoms with Crippen LogP contribution in [0.5, 0.6) is 0 Å². The van der Waals surface area contributed by atoms with Crippen molar-refractivity contribution in [1.29, 1.82) is 0 Å². The maximum atomic E-state index is 5.30. The monoisotopic (exact) mass is 240 g/mol. The van der Waals surface area contributed by atoms with Crippen LogP contribution >= 0.6 is 0 Å². The summed E-state index contributed by atoms with van der Waals surface area (Å²) in [5.74, 6) is 1.64. The smallest absolute Gasteiger partial charge is 0.0502 e. The lowest BCUT2D eigenvalue weighted by Crippen LogP contribution is -2.43. The molecule has 3 atom stereocenters. The van der Waals surface area contributed by atoms with Gasteiger partial charge in [-0.15, -0.1) is 0 Å². The summed E-state index contributed by atoms with van der Waals surface area (Å²) in [6.07, 6.45) is 6.90. The van der Waals surface area contributed by atoms with E-state index in [1.54, 1.807) is 0 Å². The minimum absolute atomic E-state index is 0.762.